The summed E-state index contributed by atoms with van der Waals surface area (Å²) in [5.41, 5.74) is 6.31. The van der Waals surface area contributed by atoms with Crippen LogP contribution >= 0.6 is 11.6 Å². The number of hydrogen-bond acceptors (Lipinski definition) is 3. The summed E-state index contributed by atoms with van der Waals surface area (Å²) in [5, 5.41) is 0.248. The number of hydrazine groups is 1. The molecule has 114 valence electrons. The maximum atomic E-state index is 12.7. The largest absolute Gasteiger partial charge is 0.416 e. The molecule has 0 aromatic heterocycles. The van der Waals surface area contributed by atoms with E-state index >= 15 is 0 Å². The second-order valence-corrected chi connectivity index (χ2v) is 5.74. The zero-order chi connectivity index (χ0) is 15.0. The number of halogens is 4. The third-order valence-corrected chi connectivity index (χ3v) is 4.26. The van der Waals surface area contributed by atoms with Crippen LogP contribution in [0, 0.1) is 5.92 Å². The number of benzene rings is 1. The zero-order valence-corrected chi connectivity index (χ0v) is 11.9. The van der Waals surface area contributed by atoms with Gasteiger partial charge in [-0.3, -0.25) is 5.43 Å². The number of nitrogens with one attached hydrogen (secondary N) is 2. The molecule has 0 unspecified atom stereocenters. The number of hydrogen-bond donors (Lipinski definition) is 2. The van der Waals surface area contributed by atoms with Crippen LogP contribution in [-0.4, -0.2) is 18.0 Å². The molecule has 1 aromatic rings. The monoisotopic (exact) mass is 317 g/mol. The number of rotatable bonds is 3. The predicted octanol–water partition coefficient (Wildman–Crippen LogP) is 3.84. The SMILES string of the molecule is FC(F)(F)c1ccc(Cl)c(NNC2=CN3CCC2CC3)c1. The van der Waals surface area contributed by atoms with Gasteiger partial charge in [-0.1, -0.05) is 11.6 Å². The highest BCUT2D eigenvalue weighted by Gasteiger charge is 2.31. The Balaban J connectivity index is 1.73. The van der Waals surface area contributed by atoms with Gasteiger partial charge < -0.3 is 10.3 Å². The van der Waals surface area contributed by atoms with Crippen molar-refractivity contribution in [2.75, 3.05) is 18.5 Å². The molecule has 4 rings (SSSR count). The van der Waals surface area contributed by atoms with Gasteiger partial charge in [0.05, 0.1) is 22.0 Å². The van der Waals surface area contributed by atoms with E-state index in [1.807, 2.05) is 6.20 Å². The molecule has 0 saturated carbocycles. The molecule has 1 aromatic carbocycles. The second kappa shape index (κ2) is 5.33. The maximum Gasteiger partial charge on any atom is 0.416 e. The molecule has 0 aliphatic carbocycles. The van der Waals surface area contributed by atoms with Gasteiger partial charge >= 0.3 is 6.18 Å². The van der Waals surface area contributed by atoms with Gasteiger partial charge in [0, 0.05) is 25.2 Å². The number of alkyl halides is 3. The average Bonchev–Trinajstić information content (AvgIpc) is 2.46. The molecule has 2 bridgehead atoms. The van der Waals surface area contributed by atoms with E-state index in [0.717, 1.165) is 43.8 Å². The molecular weight excluding hydrogens is 303 g/mol. The first-order valence-corrected chi connectivity index (χ1v) is 7.16. The van der Waals surface area contributed by atoms with E-state index in [-0.39, 0.29) is 10.7 Å². The minimum absolute atomic E-state index is 0.226. The van der Waals surface area contributed by atoms with Crippen LogP contribution in [0.15, 0.2) is 30.1 Å². The van der Waals surface area contributed by atoms with E-state index in [9.17, 15) is 13.2 Å². The van der Waals surface area contributed by atoms with Gasteiger partial charge in [-0.2, -0.15) is 13.2 Å². The van der Waals surface area contributed by atoms with Crippen molar-refractivity contribution in [3.05, 3.63) is 40.7 Å². The van der Waals surface area contributed by atoms with Crippen molar-refractivity contribution in [1.29, 1.82) is 0 Å². The van der Waals surface area contributed by atoms with Crippen LogP contribution in [0.4, 0.5) is 18.9 Å². The van der Waals surface area contributed by atoms with Crippen LogP contribution < -0.4 is 10.9 Å². The quantitative estimate of drug-likeness (QED) is 0.829. The highest BCUT2D eigenvalue weighted by Crippen LogP contribution is 2.34. The molecule has 3 heterocycles. The Kier molecular flexibility index (Phi) is 3.65. The Morgan fingerprint density at radius 2 is 1.86 bits per heavy atom. The first-order valence-electron chi connectivity index (χ1n) is 6.78. The molecule has 2 N–H and O–H groups in total. The number of nitrogens with zero attached hydrogens (tertiary/aromatic N) is 1. The van der Waals surface area contributed by atoms with Crippen molar-refractivity contribution in [2.24, 2.45) is 5.92 Å². The summed E-state index contributed by atoms with van der Waals surface area (Å²) in [6.45, 7) is 2.08. The van der Waals surface area contributed by atoms with Gasteiger partial charge in [0.2, 0.25) is 0 Å². The van der Waals surface area contributed by atoms with Crippen LogP contribution in [0.3, 0.4) is 0 Å². The van der Waals surface area contributed by atoms with Crippen molar-refractivity contribution in [1.82, 2.24) is 10.3 Å². The highest BCUT2D eigenvalue weighted by atomic mass is 35.5. The van der Waals surface area contributed by atoms with Crippen molar-refractivity contribution >= 4 is 17.3 Å². The third-order valence-electron chi connectivity index (χ3n) is 3.93. The van der Waals surface area contributed by atoms with E-state index in [0.29, 0.717) is 5.92 Å². The van der Waals surface area contributed by atoms with E-state index in [2.05, 4.69) is 15.8 Å². The Morgan fingerprint density at radius 1 is 1.14 bits per heavy atom. The summed E-state index contributed by atoms with van der Waals surface area (Å²) < 4.78 is 38.1. The minimum Gasteiger partial charge on any atom is -0.376 e. The fourth-order valence-electron chi connectivity index (χ4n) is 2.71. The molecule has 1 saturated heterocycles. The summed E-state index contributed by atoms with van der Waals surface area (Å²) in [7, 11) is 0. The summed E-state index contributed by atoms with van der Waals surface area (Å²) in [6, 6.07) is 3.23. The predicted molar refractivity (Wildman–Crippen MR) is 75.6 cm³/mol. The molecule has 1 fully saturated rings. The van der Waals surface area contributed by atoms with Crippen LogP contribution in [0.2, 0.25) is 5.02 Å². The molecular formula is C14H15ClF3N3. The Morgan fingerprint density at radius 3 is 2.43 bits per heavy atom. The fraction of sp³-hybridized carbons (Fsp3) is 0.429. The van der Waals surface area contributed by atoms with E-state index in [1.165, 1.54) is 6.07 Å². The van der Waals surface area contributed by atoms with Gasteiger partial charge in [0.1, 0.15) is 0 Å². The molecule has 3 aliphatic rings. The Labute approximate surface area is 125 Å². The average molecular weight is 318 g/mol. The molecule has 0 amide bonds. The van der Waals surface area contributed by atoms with Gasteiger partial charge in [-0.15, -0.1) is 0 Å². The van der Waals surface area contributed by atoms with Crippen LogP contribution in [0.25, 0.3) is 0 Å². The van der Waals surface area contributed by atoms with Crippen LogP contribution in [0.5, 0.6) is 0 Å². The Bertz CT molecular complexity index is 563. The van der Waals surface area contributed by atoms with Gasteiger partial charge in [0.25, 0.3) is 0 Å². The van der Waals surface area contributed by atoms with Gasteiger partial charge in [-0.05, 0) is 31.0 Å². The van der Waals surface area contributed by atoms with Gasteiger partial charge in [-0.25, -0.2) is 0 Å². The van der Waals surface area contributed by atoms with Crippen LogP contribution in [-0.2, 0) is 6.18 Å². The lowest BCUT2D eigenvalue weighted by Crippen LogP contribution is -2.41. The highest BCUT2D eigenvalue weighted by molar-refractivity contribution is 6.33. The number of anilines is 1. The number of fused-ring (bicyclic) bond motifs is 2. The van der Waals surface area contributed by atoms with Crippen LogP contribution in [0.1, 0.15) is 18.4 Å². The lowest BCUT2D eigenvalue weighted by atomic mass is 9.90. The summed E-state index contributed by atoms with van der Waals surface area (Å²) in [6.07, 6.45) is -0.226. The van der Waals surface area contributed by atoms with Gasteiger partial charge in [0.15, 0.2) is 0 Å². The normalized spacial score (nSPS) is 18.7. The minimum atomic E-state index is -4.38. The maximum absolute atomic E-state index is 12.7. The smallest absolute Gasteiger partial charge is 0.376 e. The first kappa shape index (κ1) is 14.4. The summed E-state index contributed by atoms with van der Waals surface area (Å²) in [4.78, 5) is 2.21. The second-order valence-electron chi connectivity index (χ2n) is 5.34. The fourth-order valence-corrected chi connectivity index (χ4v) is 2.88. The molecule has 0 atom stereocenters. The number of allylic oxidation sites excluding steroid dienone is 1. The molecule has 3 nitrogen and oxygen atoms in total. The van der Waals surface area contributed by atoms with E-state index in [1.54, 1.807) is 0 Å². The third kappa shape index (κ3) is 3.05. The van der Waals surface area contributed by atoms with E-state index in [4.69, 9.17) is 11.6 Å². The molecule has 3 aliphatic heterocycles. The van der Waals surface area contributed by atoms with Crippen molar-refractivity contribution in [2.45, 2.75) is 19.0 Å². The lowest BCUT2D eigenvalue weighted by Gasteiger charge is -2.39. The first-order chi connectivity index (χ1) is 9.93. The topological polar surface area (TPSA) is 27.3 Å². The summed E-state index contributed by atoms with van der Waals surface area (Å²) >= 11 is 5.94. The molecule has 21 heavy (non-hydrogen) atoms. The molecule has 0 spiro atoms. The van der Waals surface area contributed by atoms with Crippen molar-refractivity contribution < 1.29 is 13.2 Å². The molecule has 0 radical (unpaired) electrons. The standard InChI is InChI=1S/C14H15ClF3N3/c15-11-2-1-10(14(16,17)18)7-12(11)19-20-13-8-21-5-3-9(13)4-6-21/h1-2,7-9,19-20H,3-6H2. The Hall–Kier alpha value is -1.56. The van der Waals surface area contributed by atoms with E-state index < -0.39 is 11.7 Å². The number of piperidine rings is 1. The summed E-state index contributed by atoms with van der Waals surface area (Å²) in [5.74, 6) is 0.437. The van der Waals surface area contributed by atoms with Crippen molar-refractivity contribution in [3.8, 4) is 0 Å². The molecule has 7 heteroatoms. The zero-order valence-electron chi connectivity index (χ0n) is 11.2. The lowest BCUT2D eigenvalue weighted by molar-refractivity contribution is -0.137. The van der Waals surface area contributed by atoms with Crippen molar-refractivity contribution in [3.63, 3.8) is 0 Å².